The second-order valence-corrected chi connectivity index (χ2v) is 6.62. The van der Waals surface area contributed by atoms with Gasteiger partial charge in [0, 0.05) is 38.6 Å². The maximum absolute atomic E-state index is 12.4. The maximum atomic E-state index is 12.4. The zero-order chi connectivity index (χ0) is 17.1. The van der Waals surface area contributed by atoms with E-state index in [0.717, 1.165) is 19.4 Å². The molecule has 2 aromatic heterocycles. The van der Waals surface area contributed by atoms with E-state index >= 15 is 0 Å². The van der Waals surface area contributed by atoms with Gasteiger partial charge in [-0.1, -0.05) is 0 Å². The summed E-state index contributed by atoms with van der Waals surface area (Å²) in [4.78, 5) is 31.1. The number of rotatable bonds is 3. The smallest absolute Gasteiger partial charge is 0.293 e. The Bertz CT molecular complexity index is 851. The third kappa shape index (κ3) is 3.16. The monoisotopic (exact) mass is 343 g/mol. The predicted octanol–water partition coefficient (Wildman–Crippen LogP) is 1.11. The van der Waals surface area contributed by atoms with Crippen LogP contribution in [0.15, 0.2) is 28.6 Å². The minimum atomic E-state index is -0.234. The number of piperidine rings is 1. The van der Waals surface area contributed by atoms with Crippen LogP contribution in [0, 0.1) is 11.3 Å². The lowest BCUT2D eigenvalue weighted by molar-refractivity contribution is 0.0937. The van der Waals surface area contributed by atoms with Gasteiger partial charge in [-0.3, -0.25) is 9.59 Å². The van der Waals surface area contributed by atoms with Crippen LogP contribution in [-0.4, -0.2) is 34.6 Å². The number of aromatic nitrogens is 2. The minimum absolute atomic E-state index is 0.0772. The molecular weight excluding hydrogens is 326 g/mol. The van der Waals surface area contributed by atoms with Crippen molar-refractivity contribution in [3.8, 4) is 6.07 Å². The molecule has 1 amide bonds. The van der Waals surface area contributed by atoms with Gasteiger partial charge < -0.3 is 14.8 Å². The minimum Gasteiger partial charge on any atom is -0.350 e. The molecule has 2 aromatic rings. The molecule has 3 rings (SSSR count). The van der Waals surface area contributed by atoms with Crippen LogP contribution in [0.4, 0.5) is 5.82 Å². The molecule has 0 radical (unpaired) electrons. The number of nitriles is 1. The standard InChI is InChI=1S/C16H17N5O2S/c1-20-7-5-18-14(16(20)23)21-6-2-3-12(10-21)19-15(22)13-11(9-17)4-8-24-13/h4-5,7-8,12H,2-3,6,10H2,1H3,(H,19,22)/t12-/m1/s1. The predicted molar refractivity (Wildman–Crippen MR) is 91.2 cm³/mol. The Morgan fingerprint density at radius 3 is 3.17 bits per heavy atom. The van der Waals surface area contributed by atoms with E-state index < -0.39 is 0 Å². The van der Waals surface area contributed by atoms with Crippen LogP contribution in [-0.2, 0) is 7.05 Å². The number of hydrogen-bond donors (Lipinski definition) is 1. The number of anilines is 1. The molecule has 1 saturated heterocycles. The molecule has 1 aliphatic heterocycles. The lowest BCUT2D eigenvalue weighted by Crippen LogP contribution is -2.49. The fraction of sp³-hybridized carbons (Fsp3) is 0.375. The van der Waals surface area contributed by atoms with Crippen molar-refractivity contribution in [1.82, 2.24) is 14.9 Å². The number of nitrogens with one attached hydrogen (secondary N) is 1. The lowest BCUT2D eigenvalue weighted by Gasteiger charge is -2.33. The summed E-state index contributed by atoms with van der Waals surface area (Å²) >= 11 is 1.26. The summed E-state index contributed by atoms with van der Waals surface area (Å²) in [5.74, 6) is 0.176. The van der Waals surface area contributed by atoms with Crippen molar-refractivity contribution < 1.29 is 4.79 Å². The van der Waals surface area contributed by atoms with Gasteiger partial charge in [-0.15, -0.1) is 11.3 Å². The molecule has 0 aromatic carbocycles. The van der Waals surface area contributed by atoms with Gasteiger partial charge in [-0.2, -0.15) is 5.26 Å². The molecule has 1 aliphatic rings. The van der Waals surface area contributed by atoms with Crippen molar-refractivity contribution in [2.24, 2.45) is 7.05 Å². The Kier molecular flexibility index (Phi) is 4.62. The third-order valence-corrected chi connectivity index (χ3v) is 4.96. The molecule has 124 valence electrons. The van der Waals surface area contributed by atoms with Crippen molar-refractivity contribution in [3.05, 3.63) is 44.6 Å². The second-order valence-electron chi connectivity index (χ2n) is 5.70. The number of amides is 1. The van der Waals surface area contributed by atoms with Crippen molar-refractivity contribution >= 4 is 23.1 Å². The first-order chi connectivity index (χ1) is 11.6. The van der Waals surface area contributed by atoms with Gasteiger partial charge in [-0.05, 0) is 24.3 Å². The van der Waals surface area contributed by atoms with E-state index in [1.54, 1.807) is 30.9 Å². The third-order valence-electron chi connectivity index (χ3n) is 4.05. The summed E-state index contributed by atoms with van der Waals surface area (Å²) in [5, 5.41) is 13.7. The molecule has 1 N–H and O–H groups in total. The second kappa shape index (κ2) is 6.84. The molecule has 0 saturated carbocycles. The van der Waals surface area contributed by atoms with Crippen LogP contribution in [0.2, 0.25) is 0 Å². The van der Waals surface area contributed by atoms with Gasteiger partial charge >= 0.3 is 0 Å². The van der Waals surface area contributed by atoms with Gasteiger partial charge in [0.15, 0.2) is 5.82 Å². The first-order valence-corrected chi connectivity index (χ1v) is 8.53. The molecule has 0 aliphatic carbocycles. The van der Waals surface area contributed by atoms with Crippen LogP contribution in [0.5, 0.6) is 0 Å². The molecule has 1 atom stereocenters. The summed E-state index contributed by atoms with van der Waals surface area (Å²) in [5.41, 5.74) is 0.248. The van der Waals surface area contributed by atoms with E-state index in [1.165, 1.54) is 15.9 Å². The van der Waals surface area contributed by atoms with Gasteiger partial charge in [0.1, 0.15) is 10.9 Å². The topological polar surface area (TPSA) is 91.0 Å². The van der Waals surface area contributed by atoms with Crippen molar-refractivity contribution in [3.63, 3.8) is 0 Å². The molecule has 8 heteroatoms. The summed E-state index contributed by atoms with van der Waals surface area (Å²) in [6, 6.07) is 3.59. The Labute approximate surface area is 143 Å². The molecule has 0 bridgehead atoms. The molecule has 0 spiro atoms. The highest BCUT2D eigenvalue weighted by molar-refractivity contribution is 7.12. The summed E-state index contributed by atoms with van der Waals surface area (Å²) in [6.45, 7) is 1.27. The van der Waals surface area contributed by atoms with E-state index in [9.17, 15) is 9.59 Å². The van der Waals surface area contributed by atoms with Crippen LogP contribution in [0.25, 0.3) is 0 Å². The van der Waals surface area contributed by atoms with Crippen molar-refractivity contribution in [1.29, 1.82) is 5.26 Å². The maximum Gasteiger partial charge on any atom is 0.293 e. The molecular formula is C16H17N5O2S. The molecule has 1 fully saturated rings. The summed E-state index contributed by atoms with van der Waals surface area (Å²) in [6.07, 6.45) is 4.92. The van der Waals surface area contributed by atoms with Gasteiger partial charge in [-0.25, -0.2) is 4.98 Å². The van der Waals surface area contributed by atoms with Crippen LogP contribution < -0.4 is 15.8 Å². The highest BCUT2D eigenvalue weighted by Gasteiger charge is 2.25. The quantitative estimate of drug-likeness (QED) is 0.901. The normalized spacial score (nSPS) is 17.3. The Balaban J connectivity index is 1.72. The van der Waals surface area contributed by atoms with Crippen molar-refractivity contribution in [2.75, 3.05) is 18.0 Å². The van der Waals surface area contributed by atoms with E-state index in [4.69, 9.17) is 5.26 Å². The van der Waals surface area contributed by atoms with E-state index in [1.807, 2.05) is 11.0 Å². The highest BCUT2D eigenvalue weighted by atomic mass is 32.1. The van der Waals surface area contributed by atoms with Gasteiger partial charge in [0.2, 0.25) is 0 Å². The molecule has 7 nitrogen and oxygen atoms in total. The Morgan fingerprint density at radius 2 is 2.38 bits per heavy atom. The first-order valence-electron chi connectivity index (χ1n) is 7.65. The zero-order valence-corrected chi connectivity index (χ0v) is 14.0. The largest absolute Gasteiger partial charge is 0.350 e. The lowest BCUT2D eigenvalue weighted by atomic mass is 10.1. The van der Waals surface area contributed by atoms with Gasteiger partial charge in [0.05, 0.1) is 5.56 Å². The zero-order valence-electron chi connectivity index (χ0n) is 13.2. The fourth-order valence-electron chi connectivity index (χ4n) is 2.81. The molecule has 3 heterocycles. The average molecular weight is 343 g/mol. The van der Waals surface area contributed by atoms with Crippen LogP contribution in [0.3, 0.4) is 0 Å². The Hall–Kier alpha value is -2.66. The number of aryl methyl sites for hydroxylation is 1. The average Bonchev–Trinajstić information content (AvgIpc) is 3.06. The summed E-state index contributed by atoms with van der Waals surface area (Å²) in [7, 11) is 1.69. The molecule has 0 unspecified atom stereocenters. The van der Waals surface area contributed by atoms with E-state index in [-0.39, 0.29) is 17.5 Å². The SMILES string of the molecule is Cn1ccnc(N2CCC[C@@H](NC(=O)c3sccc3C#N)C2)c1=O. The van der Waals surface area contributed by atoms with E-state index in [0.29, 0.717) is 22.8 Å². The summed E-state index contributed by atoms with van der Waals surface area (Å²) < 4.78 is 1.50. The number of carbonyl (C=O) groups excluding carboxylic acids is 1. The van der Waals surface area contributed by atoms with Gasteiger partial charge in [0.25, 0.3) is 11.5 Å². The highest BCUT2D eigenvalue weighted by Crippen LogP contribution is 2.18. The van der Waals surface area contributed by atoms with Crippen molar-refractivity contribution in [2.45, 2.75) is 18.9 Å². The fourth-order valence-corrected chi connectivity index (χ4v) is 3.56. The van der Waals surface area contributed by atoms with Crippen LogP contribution in [0.1, 0.15) is 28.1 Å². The number of carbonyl (C=O) groups is 1. The van der Waals surface area contributed by atoms with E-state index in [2.05, 4.69) is 10.3 Å². The van der Waals surface area contributed by atoms with Crippen LogP contribution >= 0.6 is 11.3 Å². The Morgan fingerprint density at radius 1 is 1.54 bits per heavy atom. The molecule has 24 heavy (non-hydrogen) atoms. The number of hydrogen-bond acceptors (Lipinski definition) is 6. The number of thiophene rings is 1. The first kappa shape index (κ1) is 16.2. The number of nitrogens with zero attached hydrogens (tertiary/aromatic N) is 4.